The maximum Gasteiger partial charge on any atom is 0.416 e. The van der Waals surface area contributed by atoms with Gasteiger partial charge in [-0.2, -0.15) is 13.2 Å². The number of hydrogen-bond donors (Lipinski definition) is 0. The first-order chi connectivity index (χ1) is 9.34. The second-order valence-electron chi connectivity index (χ2n) is 4.33. The molecule has 0 heterocycles. The van der Waals surface area contributed by atoms with Crippen LogP contribution in [0.25, 0.3) is 11.1 Å². The van der Waals surface area contributed by atoms with Gasteiger partial charge in [-0.15, -0.1) is 0 Å². The lowest BCUT2D eigenvalue weighted by Gasteiger charge is -2.12. The van der Waals surface area contributed by atoms with Crippen LogP contribution in [0.2, 0.25) is 0 Å². The summed E-state index contributed by atoms with van der Waals surface area (Å²) < 4.78 is 56.8. The highest BCUT2D eigenvalue weighted by Gasteiger charge is 2.30. The SMILES string of the molecule is COc1ccc(-c2cccc(C(F)(F)F)c2)c(C)c1F. The normalized spacial score (nSPS) is 11.5. The highest BCUT2D eigenvalue weighted by atomic mass is 19.4. The second kappa shape index (κ2) is 5.15. The van der Waals surface area contributed by atoms with Gasteiger partial charge in [0.25, 0.3) is 0 Å². The van der Waals surface area contributed by atoms with Gasteiger partial charge >= 0.3 is 6.18 Å². The predicted molar refractivity (Wildman–Crippen MR) is 68.1 cm³/mol. The van der Waals surface area contributed by atoms with Crippen molar-refractivity contribution in [2.75, 3.05) is 7.11 Å². The summed E-state index contributed by atoms with van der Waals surface area (Å²) in [6.07, 6.45) is -4.42. The van der Waals surface area contributed by atoms with Crippen LogP contribution in [-0.4, -0.2) is 7.11 Å². The molecule has 0 fully saturated rings. The molecular formula is C15H12F4O. The Labute approximate surface area is 113 Å². The molecule has 2 aromatic rings. The Balaban J connectivity index is 2.55. The Morgan fingerprint density at radius 3 is 2.35 bits per heavy atom. The predicted octanol–water partition coefficient (Wildman–Crippen LogP) is 4.83. The highest BCUT2D eigenvalue weighted by molar-refractivity contribution is 5.69. The monoisotopic (exact) mass is 284 g/mol. The third-order valence-corrected chi connectivity index (χ3v) is 3.07. The minimum Gasteiger partial charge on any atom is -0.494 e. The van der Waals surface area contributed by atoms with Crippen molar-refractivity contribution < 1.29 is 22.3 Å². The molecule has 0 spiro atoms. The fourth-order valence-corrected chi connectivity index (χ4v) is 1.99. The van der Waals surface area contributed by atoms with Crippen molar-refractivity contribution >= 4 is 0 Å². The van der Waals surface area contributed by atoms with Crippen molar-refractivity contribution in [3.8, 4) is 16.9 Å². The summed E-state index contributed by atoms with van der Waals surface area (Å²) in [7, 11) is 1.34. The van der Waals surface area contributed by atoms with Gasteiger partial charge in [0.15, 0.2) is 11.6 Å². The van der Waals surface area contributed by atoms with Crippen LogP contribution < -0.4 is 4.74 Å². The number of methoxy groups -OCH3 is 1. The zero-order valence-corrected chi connectivity index (χ0v) is 10.9. The maximum absolute atomic E-state index is 13.9. The van der Waals surface area contributed by atoms with Gasteiger partial charge in [0.05, 0.1) is 12.7 Å². The van der Waals surface area contributed by atoms with Crippen molar-refractivity contribution in [1.82, 2.24) is 0 Å². The number of alkyl halides is 3. The molecule has 1 nitrogen and oxygen atoms in total. The van der Waals surface area contributed by atoms with E-state index in [9.17, 15) is 17.6 Å². The molecule has 106 valence electrons. The summed E-state index contributed by atoms with van der Waals surface area (Å²) >= 11 is 0. The van der Waals surface area contributed by atoms with E-state index in [1.54, 1.807) is 6.07 Å². The number of benzene rings is 2. The van der Waals surface area contributed by atoms with E-state index in [4.69, 9.17) is 4.74 Å². The van der Waals surface area contributed by atoms with Gasteiger partial charge in [-0.1, -0.05) is 18.2 Å². The maximum atomic E-state index is 13.9. The van der Waals surface area contributed by atoms with E-state index < -0.39 is 17.6 Å². The van der Waals surface area contributed by atoms with Crippen molar-refractivity contribution in [2.24, 2.45) is 0 Å². The third-order valence-electron chi connectivity index (χ3n) is 3.07. The molecule has 0 N–H and O–H groups in total. The summed E-state index contributed by atoms with van der Waals surface area (Å²) in [6, 6.07) is 7.76. The van der Waals surface area contributed by atoms with E-state index in [2.05, 4.69) is 0 Å². The lowest BCUT2D eigenvalue weighted by Crippen LogP contribution is -2.04. The first-order valence-electron chi connectivity index (χ1n) is 5.85. The van der Waals surface area contributed by atoms with Crippen LogP contribution in [0, 0.1) is 12.7 Å². The Bertz CT molecular complexity index is 632. The summed E-state index contributed by atoms with van der Waals surface area (Å²) in [5.41, 5.74) is 0.225. The molecule has 0 aromatic heterocycles. The highest BCUT2D eigenvalue weighted by Crippen LogP contribution is 2.35. The Hall–Kier alpha value is -2.04. The number of hydrogen-bond acceptors (Lipinski definition) is 1. The number of halogens is 4. The minimum absolute atomic E-state index is 0.0678. The van der Waals surface area contributed by atoms with E-state index >= 15 is 0 Å². The van der Waals surface area contributed by atoms with Gasteiger partial charge in [-0.3, -0.25) is 0 Å². The summed E-state index contributed by atoms with van der Waals surface area (Å²) in [5.74, 6) is -0.499. The van der Waals surface area contributed by atoms with Crippen LogP contribution in [0.3, 0.4) is 0 Å². The van der Waals surface area contributed by atoms with Gasteiger partial charge in [-0.05, 0) is 41.8 Å². The molecule has 0 unspecified atom stereocenters. The lowest BCUT2D eigenvalue weighted by molar-refractivity contribution is -0.137. The second-order valence-corrected chi connectivity index (χ2v) is 4.33. The molecule has 0 radical (unpaired) electrons. The zero-order chi connectivity index (χ0) is 14.9. The van der Waals surface area contributed by atoms with Crippen LogP contribution in [0.1, 0.15) is 11.1 Å². The van der Waals surface area contributed by atoms with Crippen molar-refractivity contribution in [3.63, 3.8) is 0 Å². The van der Waals surface area contributed by atoms with Gasteiger partial charge in [0.1, 0.15) is 0 Å². The molecule has 0 bridgehead atoms. The van der Waals surface area contributed by atoms with E-state index in [0.717, 1.165) is 12.1 Å². The van der Waals surface area contributed by atoms with Gasteiger partial charge in [0.2, 0.25) is 0 Å². The molecule has 0 atom stereocenters. The van der Waals surface area contributed by atoms with Gasteiger partial charge < -0.3 is 4.74 Å². The zero-order valence-electron chi connectivity index (χ0n) is 10.9. The van der Waals surface area contributed by atoms with E-state index in [0.29, 0.717) is 11.1 Å². The average Bonchev–Trinajstić information content (AvgIpc) is 2.41. The quantitative estimate of drug-likeness (QED) is 0.718. The first-order valence-corrected chi connectivity index (χ1v) is 5.85. The van der Waals surface area contributed by atoms with Crippen LogP contribution in [0.15, 0.2) is 36.4 Å². The van der Waals surface area contributed by atoms with Crippen LogP contribution in [0.4, 0.5) is 17.6 Å². The lowest BCUT2D eigenvalue weighted by atomic mass is 9.98. The van der Waals surface area contributed by atoms with E-state index in [-0.39, 0.29) is 11.3 Å². The topological polar surface area (TPSA) is 9.23 Å². The molecule has 0 saturated carbocycles. The molecule has 0 aliphatic carbocycles. The van der Waals surface area contributed by atoms with E-state index in [1.807, 2.05) is 0 Å². The van der Waals surface area contributed by atoms with Crippen molar-refractivity contribution in [3.05, 3.63) is 53.3 Å². The Morgan fingerprint density at radius 1 is 1.05 bits per heavy atom. The van der Waals surface area contributed by atoms with Crippen LogP contribution >= 0.6 is 0 Å². The molecule has 0 aliphatic heterocycles. The Kier molecular flexibility index (Phi) is 3.70. The molecule has 0 amide bonds. The first kappa shape index (κ1) is 14.4. The van der Waals surface area contributed by atoms with E-state index in [1.165, 1.54) is 32.2 Å². The number of rotatable bonds is 2. The molecule has 0 aliphatic rings. The van der Waals surface area contributed by atoms with Crippen LogP contribution in [0.5, 0.6) is 5.75 Å². The largest absolute Gasteiger partial charge is 0.494 e. The van der Waals surface area contributed by atoms with Gasteiger partial charge in [-0.25, -0.2) is 4.39 Å². The third kappa shape index (κ3) is 2.61. The molecule has 0 saturated heterocycles. The smallest absolute Gasteiger partial charge is 0.416 e. The van der Waals surface area contributed by atoms with Crippen LogP contribution in [-0.2, 0) is 6.18 Å². The minimum atomic E-state index is -4.42. The van der Waals surface area contributed by atoms with Gasteiger partial charge in [0, 0.05) is 0 Å². The average molecular weight is 284 g/mol. The summed E-state index contributed by atoms with van der Waals surface area (Å²) in [4.78, 5) is 0. The van der Waals surface area contributed by atoms with Crippen molar-refractivity contribution in [1.29, 1.82) is 0 Å². The molecule has 5 heteroatoms. The fourth-order valence-electron chi connectivity index (χ4n) is 1.99. The molecule has 2 aromatic carbocycles. The molecule has 20 heavy (non-hydrogen) atoms. The molecular weight excluding hydrogens is 272 g/mol. The molecule has 2 rings (SSSR count). The summed E-state index contributed by atoms with van der Waals surface area (Å²) in [6.45, 7) is 1.51. The standard InChI is InChI=1S/C15H12F4O/c1-9-12(6-7-13(20-2)14(9)16)10-4-3-5-11(8-10)15(17,18)19/h3-8H,1-2H3. The fraction of sp³-hybridized carbons (Fsp3) is 0.200. The summed E-state index contributed by atoms with van der Waals surface area (Å²) in [5, 5.41) is 0. The number of ether oxygens (including phenoxy) is 1. The van der Waals surface area contributed by atoms with Crippen molar-refractivity contribution in [2.45, 2.75) is 13.1 Å². The Morgan fingerprint density at radius 2 is 1.75 bits per heavy atom.